The number of benzene rings is 2. The molecule has 5 nitrogen and oxygen atoms in total. The summed E-state index contributed by atoms with van der Waals surface area (Å²) in [5, 5.41) is 4.16. The maximum absolute atomic E-state index is 13.2. The van der Waals surface area contributed by atoms with E-state index in [9.17, 15) is 18.0 Å². The minimum Gasteiger partial charge on any atom is -0.361 e. The van der Waals surface area contributed by atoms with Crippen LogP contribution in [0.25, 0.3) is 10.9 Å². The molecule has 0 saturated heterocycles. The van der Waals surface area contributed by atoms with E-state index in [1.165, 1.54) is 12.3 Å². The standard InChI is InChI=1S/C24H19F3N4O/c25-24(26,27)21-8-7-17(13-29-21)30-20-6-2-4-16-14-31(12-10-18(16)20)23(32)19-5-1-3-15-9-11-28-22(15)19/h1-9,11,13,28,30H,10,12,14H2. The largest absolute Gasteiger partial charge is 0.433 e. The van der Waals surface area contributed by atoms with Gasteiger partial charge >= 0.3 is 6.18 Å². The summed E-state index contributed by atoms with van der Waals surface area (Å²) in [5.41, 5.74) is 3.88. The number of hydrogen-bond donors (Lipinski definition) is 2. The Balaban J connectivity index is 1.37. The number of H-pyrrole nitrogens is 1. The summed E-state index contributed by atoms with van der Waals surface area (Å²) >= 11 is 0. The molecule has 0 saturated carbocycles. The number of nitrogens with zero attached hydrogens (tertiary/aromatic N) is 2. The molecule has 2 N–H and O–H groups in total. The quantitative estimate of drug-likeness (QED) is 0.444. The Bertz CT molecular complexity index is 1290. The second kappa shape index (κ2) is 7.71. The number of para-hydroxylation sites is 1. The van der Waals surface area contributed by atoms with Gasteiger partial charge in [-0.1, -0.05) is 24.3 Å². The van der Waals surface area contributed by atoms with Crippen molar-refractivity contribution in [1.29, 1.82) is 0 Å². The number of fused-ring (bicyclic) bond motifs is 2. The van der Waals surface area contributed by atoms with Gasteiger partial charge in [-0.15, -0.1) is 0 Å². The molecule has 8 heteroatoms. The zero-order chi connectivity index (χ0) is 22.3. The third-order valence-electron chi connectivity index (χ3n) is 5.70. The van der Waals surface area contributed by atoms with E-state index in [2.05, 4.69) is 15.3 Å². The number of pyridine rings is 1. The zero-order valence-corrected chi connectivity index (χ0v) is 16.9. The predicted octanol–water partition coefficient (Wildman–Crippen LogP) is 5.52. The molecule has 4 aromatic rings. The Kier molecular flexibility index (Phi) is 4.84. The van der Waals surface area contributed by atoms with Crippen LogP contribution in [0.3, 0.4) is 0 Å². The van der Waals surface area contributed by atoms with Gasteiger partial charge in [0.25, 0.3) is 5.91 Å². The van der Waals surface area contributed by atoms with Crippen molar-refractivity contribution < 1.29 is 18.0 Å². The lowest BCUT2D eigenvalue weighted by atomic mass is 9.96. The molecule has 5 rings (SSSR count). The van der Waals surface area contributed by atoms with Crippen LogP contribution in [0.4, 0.5) is 24.5 Å². The van der Waals surface area contributed by atoms with E-state index in [0.29, 0.717) is 30.8 Å². The van der Waals surface area contributed by atoms with Crippen molar-refractivity contribution in [1.82, 2.24) is 14.9 Å². The molecular weight excluding hydrogens is 417 g/mol. The van der Waals surface area contributed by atoms with Gasteiger partial charge < -0.3 is 15.2 Å². The molecule has 32 heavy (non-hydrogen) atoms. The van der Waals surface area contributed by atoms with Crippen LogP contribution in [0.2, 0.25) is 0 Å². The van der Waals surface area contributed by atoms with E-state index in [4.69, 9.17) is 0 Å². The first kappa shape index (κ1) is 20.1. The highest BCUT2D eigenvalue weighted by molar-refractivity contribution is 6.05. The van der Waals surface area contributed by atoms with Crippen LogP contribution in [0.5, 0.6) is 0 Å². The normalized spacial score (nSPS) is 13.8. The summed E-state index contributed by atoms with van der Waals surface area (Å²) in [6, 6.07) is 15.7. The number of rotatable bonds is 3. The summed E-state index contributed by atoms with van der Waals surface area (Å²) in [6.07, 6.45) is -0.831. The molecule has 0 bridgehead atoms. The molecule has 2 aromatic carbocycles. The molecule has 162 valence electrons. The van der Waals surface area contributed by atoms with Gasteiger partial charge in [0.15, 0.2) is 0 Å². The van der Waals surface area contributed by atoms with Gasteiger partial charge in [0.05, 0.1) is 23.0 Å². The number of carbonyl (C=O) groups excluding carboxylic acids is 1. The maximum atomic E-state index is 13.2. The Morgan fingerprint density at radius 3 is 2.69 bits per heavy atom. The first-order valence-electron chi connectivity index (χ1n) is 10.2. The summed E-state index contributed by atoms with van der Waals surface area (Å²) in [5.74, 6) is -0.0333. The van der Waals surface area contributed by atoms with Gasteiger partial charge in [0.2, 0.25) is 0 Å². The number of aromatic nitrogens is 2. The van der Waals surface area contributed by atoms with E-state index >= 15 is 0 Å². The summed E-state index contributed by atoms with van der Waals surface area (Å²) in [4.78, 5) is 21.7. The number of anilines is 2. The fourth-order valence-electron chi connectivity index (χ4n) is 4.12. The number of amides is 1. The molecule has 1 aliphatic heterocycles. The van der Waals surface area contributed by atoms with Crippen molar-refractivity contribution in [2.75, 3.05) is 11.9 Å². The van der Waals surface area contributed by atoms with Gasteiger partial charge in [-0.3, -0.25) is 4.79 Å². The van der Waals surface area contributed by atoms with Crippen LogP contribution in [-0.2, 0) is 19.1 Å². The van der Waals surface area contributed by atoms with Crippen LogP contribution in [-0.4, -0.2) is 27.3 Å². The fraction of sp³-hybridized carbons (Fsp3) is 0.167. The number of carbonyl (C=O) groups is 1. The number of alkyl halides is 3. The average Bonchev–Trinajstić information content (AvgIpc) is 3.27. The Hall–Kier alpha value is -3.81. The van der Waals surface area contributed by atoms with Crippen LogP contribution < -0.4 is 5.32 Å². The van der Waals surface area contributed by atoms with Crippen molar-refractivity contribution in [3.63, 3.8) is 0 Å². The highest BCUT2D eigenvalue weighted by atomic mass is 19.4. The van der Waals surface area contributed by atoms with Crippen molar-refractivity contribution in [3.05, 3.63) is 89.4 Å². The second-order valence-corrected chi connectivity index (χ2v) is 7.72. The maximum Gasteiger partial charge on any atom is 0.433 e. The molecule has 0 aliphatic carbocycles. The van der Waals surface area contributed by atoms with Crippen molar-refractivity contribution >= 4 is 28.2 Å². The lowest BCUT2D eigenvalue weighted by Crippen LogP contribution is -2.36. The smallest absolute Gasteiger partial charge is 0.361 e. The number of halogens is 3. The predicted molar refractivity (Wildman–Crippen MR) is 116 cm³/mol. The van der Waals surface area contributed by atoms with Crippen LogP contribution in [0.1, 0.15) is 27.2 Å². The van der Waals surface area contributed by atoms with Crippen LogP contribution in [0.15, 0.2) is 67.0 Å². The van der Waals surface area contributed by atoms with Gasteiger partial charge in [0.1, 0.15) is 5.69 Å². The van der Waals surface area contributed by atoms with Crippen molar-refractivity contribution in [2.24, 2.45) is 0 Å². The van der Waals surface area contributed by atoms with Crippen molar-refractivity contribution in [2.45, 2.75) is 19.1 Å². The summed E-state index contributed by atoms with van der Waals surface area (Å²) < 4.78 is 38.2. The number of hydrogen-bond acceptors (Lipinski definition) is 3. The average molecular weight is 436 g/mol. The van der Waals surface area contributed by atoms with E-state index in [0.717, 1.165) is 33.8 Å². The first-order chi connectivity index (χ1) is 15.4. The van der Waals surface area contributed by atoms with Gasteiger partial charge in [-0.25, -0.2) is 4.98 Å². The monoisotopic (exact) mass is 436 g/mol. The zero-order valence-electron chi connectivity index (χ0n) is 16.9. The third kappa shape index (κ3) is 3.68. The lowest BCUT2D eigenvalue weighted by Gasteiger charge is -2.30. The molecule has 1 amide bonds. The minimum absolute atomic E-state index is 0.0333. The molecular formula is C24H19F3N4O. The molecule has 0 fully saturated rings. The van der Waals surface area contributed by atoms with E-state index < -0.39 is 11.9 Å². The fourth-order valence-corrected chi connectivity index (χ4v) is 4.12. The van der Waals surface area contributed by atoms with Gasteiger partial charge in [-0.05, 0) is 47.9 Å². The Labute approximate surface area is 181 Å². The molecule has 2 aromatic heterocycles. The Morgan fingerprint density at radius 2 is 1.91 bits per heavy atom. The topological polar surface area (TPSA) is 61.0 Å². The molecule has 3 heterocycles. The minimum atomic E-state index is -4.47. The molecule has 1 aliphatic rings. The van der Waals surface area contributed by atoms with Crippen LogP contribution >= 0.6 is 0 Å². The molecule has 0 spiro atoms. The second-order valence-electron chi connectivity index (χ2n) is 7.72. The number of aromatic amines is 1. The molecule has 0 radical (unpaired) electrons. The van der Waals surface area contributed by atoms with Crippen LogP contribution in [0, 0.1) is 0 Å². The SMILES string of the molecule is O=C(c1cccc2cc[nH]c12)N1CCc2c(cccc2Nc2ccc(C(F)(F)F)nc2)C1. The third-order valence-corrected chi connectivity index (χ3v) is 5.70. The van der Waals surface area contributed by atoms with E-state index in [1.807, 2.05) is 53.6 Å². The number of nitrogens with one attached hydrogen (secondary N) is 2. The first-order valence-corrected chi connectivity index (χ1v) is 10.2. The van der Waals surface area contributed by atoms with E-state index in [1.54, 1.807) is 0 Å². The molecule has 0 unspecified atom stereocenters. The van der Waals surface area contributed by atoms with Gasteiger partial charge in [-0.2, -0.15) is 13.2 Å². The molecule has 0 atom stereocenters. The summed E-state index contributed by atoms with van der Waals surface area (Å²) in [6.45, 7) is 1.01. The summed E-state index contributed by atoms with van der Waals surface area (Å²) in [7, 11) is 0. The van der Waals surface area contributed by atoms with Crippen molar-refractivity contribution in [3.8, 4) is 0 Å². The van der Waals surface area contributed by atoms with E-state index in [-0.39, 0.29) is 5.91 Å². The highest BCUT2D eigenvalue weighted by Gasteiger charge is 2.32. The van der Waals surface area contributed by atoms with Gasteiger partial charge in [0, 0.05) is 30.4 Å². The lowest BCUT2D eigenvalue weighted by molar-refractivity contribution is -0.141. The highest BCUT2D eigenvalue weighted by Crippen LogP contribution is 2.31. The Morgan fingerprint density at radius 1 is 1.06 bits per heavy atom.